The van der Waals surface area contributed by atoms with Crippen molar-refractivity contribution in [1.82, 2.24) is 4.90 Å². The third-order valence-electron chi connectivity index (χ3n) is 7.12. The van der Waals surface area contributed by atoms with Crippen LogP contribution in [0.15, 0.2) is 60.7 Å². The highest BCUT2D eigenvalue weighted by molar-refractivity contribution is 6.35. The number of halogens is 2. The van der Waals surface area contributed by atoms with Crippen LogP contribution in [-0.4, -0.2) is 43.5 Å². The number of rotatable bonds is 6. The van der Waals surface area contributed by atoms with E-state index in [9.17, 15) is 9.59 Å². The van der Waals surface area contributed by atoms with Crippen molar-refractivity contribution in [3.05, 3.63) is 87.4 Å². The lowest BCUT2D eigenvalue weighted by atomic mass is 9.96. The highest BCUT2D eigenvalue weighted by Crippen LogP contribution is 2.33. The van der Waals surface area contributed by atoms with Gasteiger partial charge in [0.25, 0.3) is 5.91 Å². The maximum absolute atomic E-state index is 13.2. The monoisotopic (exact) mass is 537 g/mol. The third-order valence-corrected chi connectivity index (χ3v) is 7.70. The van der Waals surface area contributed by atoms with Crippen LogP contribution in [0.1, 0.15) is 34.3 Å². The zero-order valence-corrected chi connectivity index (χ0v) is 22.2. The molecule has 1 N–H and O–H groups in total. The minimum Gasteiger partial charge on any atom is -0.497 e. The highest BCUT2D eigenvalue weighted by Gasteiger charge is 2.28. The predicted octanol–water partition coefficient (Wildman–Crippen LogP) is 6.06. The molecule has 0 aromatic heterocycles. The number of piperidine rings is 1. The Hall–Kier alpha value is -3.06. The fourth-order valence-corrected chi connectivity index (χ4v) is 5.57. The Labute approximate surface area is 227 Å². The SMILES string of the molecule is COc1ccc(C(=O)N2CCc3ccc(NC(=O)[C@@H]4CCCN(Cc5ccc(Cl)cc5Cl)C4)cc32)cc1. The lowest BCUT2D eigenvalue weighted by Gasteiger charge is -2.32. The van der Waals surface area contributed by atoms with Crippen molar-refractivity contribution in [2.75, 3.05) is 37.0 Å². The van der Waals surface area contributed by atoms with E-state index < -0.39 is 0 Å². The number of hydrogen-bond donors (Lipinski definition) is 1. The summed E-state index contributed by atoms with van der Waals surface area (Å²) in [5, 5.41) is 4.35. The zero-order chi connectivity index (χ0) is 25.9. The molecule has 2 amide bonds. The van der Waals surface area contributed by atoms with Crippen molar-refractivity contribution < 1.29 is 14.3 Å². The molecule has 37 heavy (non-hydrogen) atoms. The second-order valence-corrected chi connectivity index (χ2v) is 10.4. The number of benzene rings is 3. The number of amides is 2. The van der Waals surface area contributed by atoms with E-state index >= 15 is 0 Å². The van der Waals surface area contributed by atoms with E-state index in [1.54, 1.807) is 42.3 Å². The van der Waals surface area contributed by atoms with E-state index in [2.05, 4.69) is 10.2 Å². The maximum atomic E-state index is 13.2. The molecule has 1 atom stereocenters. The molecule has 0 aliphatic carbocycles. The number of carbonyl (C=O) groups is 2. The largest absolute Gasteiger partial charge is 0.497 e. The molecule has 0 saturated carbocycles. The number of ether oxygens (including phenoxy) is 1. The van der Waals surface area contributed by atoms with Gasteiger partial charge in [-0.2, -0.15) is 0 Å². The zero-order valence-electron chi connectivity index (χ0n) is 20.7. The average molecular weight is 538 g/mol. The van der Waals surface area contributed by atoms with Crippen molar-refractivity contribution >= 4 is 46.4 Å². The van der Waals surface area contributed by atoms with Crippen molar-refractivity contribution in [1.29, 1.82) is 0 Å². The first kappa shape index (κ1) is 25.6. The molecule has 3 aromatic carbocycles. The van der Waals surface area contributed by atoms with Crippen LogP contribution in [0.25, 0.3) is 0 Å². The molecule has 6 nitrogen and oxygen atoms in total. The van der Waals surface area contributed by atoms with Crippen LogP contribution in [0.2, 0.25) is 10.0 Å². The molecule has 1 saturated heterocycles. The standard InChI is InChI=1S/C29H29Cl2N3O3/c1-37-25-10-6-20(7-11-25)29(36)34-14-12-19-5-9-24(16-27(19)34)32-28(35)22-3-2-13-33(18-22)17-21-4-8-23(30)15-26(21)31/h4-11,15-16,22H,2-3,12-14,17-18H2,1H3,(H,32,35)/t22-/m1/s1. The van der Waals surface area contributed by atoms with Gasteiger partial charge in [-0.05, 0) is 85.5 Å². The first-order chi connectivity index (χ1) is 17.9. The Morgan fingerprint density at radius 2 is 1.84 bits per heavy atom. The van der Waals surface area contributed by atoms with E-state index in [1.165, 1.54) is 0 Å². The summed E-state index contributed by atoms with van der Waals surface area (Å²) < 4.78 is 5.20. The number of likely N-dealkylation sites (tertiary alicyclic amines) is 1. The second kappa shape index (κ2) is 11.1. The fourth-order valence-electron chi connectivity index (χ4n) is 5.11. The minimum atomic E-state index is -0.120. The fraction of sp³-hybridized carbons (Fsp3) is 0.310. The van der Waals surface area contributed by atoms with Gasteiger partial charge in [0.1, 0.15) is 5.75 Å². The molecule has 2 aliphatic heterocycles. The maximum Gasteiger partial charge on any atom is 0.258 e. The van der Waals surface area contributed by atoms with Gasteiger partial charge < -0.3 is 15.0 Å². The van der Waals surface area contributed by atoms with Crippen LogP contribution in [0, 0.1) is 5.92 Å². The normalized spacial score (nSPS) is 17.4. The Kier molecular flexibility index (Phi) is 7.70. The number of methoxy groups -OCH3 is 1. The summed E-state index contributed by atoms with van der Waals surface area (Å²) in [7, 11) is 1.60. The van der Waals surface area contributed by atoms with Gasteiger partial charge in [0.2, 0.25) is 5.91 Å². The number of nitrogens with one attached hydrogen (secondary N) is 1. The summed E-state index contributed by atoms with van der Waals surface area (Å²) in [5.41, 5.74) is 4.26. The summed E-state index contributed by atoms with van der Waals surface area (Å²) in [6.45, 7) is 2.88. The number of fused-ring (bicyclic) bond motifs is 1. The van der Waals surface area contributed by atoms with E-state index in [-0.39, 0.29) is 17.7 Å². The summed E-state index contributed by atoms with van der Waals surface area (Å²) in [6.07, 6.45) is 2.57. The van der Waals surface area contributed by atoms with E-state index in [4.69, 9.17) is 27.9 Å². The van der Waals surface area contributed by atoms with E-state index in [0.717, 1.165) is 42.6 Å². The van der Waals surface area contributed by atoms with Gasteiger partial charge >= 0.3 is 0 Å². The van der Waals surface area contributed by atoms with Gasteiger partial charge in [-0.25, -0.2) is 0 Å². The van der Waals surface area contributed by atoms with Crippen LogP contribution < -0.4 is 15.0 Å². The van der Waals surface area contributed by atoms with Crippen molar-refractivity contribution in [3.63, 3.8) is 0 Å². The first-order valence-electron chi connectivity index (χ1n) is 12.5. The quantitative estimate of drug-likeness (QED) is 0.415. The van der Waals surface area contributed by atoms with Crippen LogP contribution in [-0.2, 0) is 17.8 Å². The molecule has 0 radical (unpaired) electrons. The summed E-state index contributed by atoms with van der Waals surface area (Å²) in [4.78, 5) is 30.4. The lowest BCUT2D eigenvalue weighted by molar-refractivity contribution is -0.121. The Balaban J connectivity index is 1.24. The van der Waals surface area contributed by atoms with Gasteiger partial charge in [0.15, 0.2) is 0 Å². The van der Waals surface area contributed by atoms with Crippen molar-refractivity contribution in [3.8, 4) is 5.75 Å². The van der Waals surface area contributed by atoms with Gasteiger partial charge in [0.05, 0.1) is 13.0 Å². The molecule has 3 aromatic rings. The van der Waals surface area contributed by atoms with E-state index in [1.807, 2.05) is 30.3 Å². The first-order valence-corrected chi connectivity index (χ1v) is 13.2. The second-order valence-electron chi connectivity index (χ2n) is 9.58. The van der Waals surface area contributed by atoms with Crippen molar-refractivity contribution in [2.45, 2.75) is 25.8 Å². The molecule has 8 heteroatoms. The Morgan fingerprint density at radius 3 is 2.59 bits per heavy atom. The Bertz CT molecular complexity index is 1310. The molecule has 0 bridgehead atoms. The molecular weight excluding hydrogens is 509 g/mol. The van der Waals surface area contributed by atoms with Crippen LogP contribution in [0.5, 0.6) is 5.75 Å². The van der Waals surface area contributed by atoms with Crippen LogP contribution in [0.4, 0.5) is 11.4 Å². The van der Waals surface area contributed by atoms with Gasteiger partial charge in [-0.3, -0.25) is 14.5 Å². The smallest absolute Gasteiger partial charge is 0.258 e. The molecule has 2 heterocycles. The van der Waals surface area contributed by atoms with Crippen LogP contribution >= 0.6 is 23.2 Å². The summed E-state index contributed by atoms with van der Waals surface area (Å²) >= 11 is 12.4. The number of hydrogen-bond acceptors (Lipinski definition) is 4. The molecule has 5 rings (SSSR count). The molecule has 1 fully saturated rings. The number of anilines is 2. The molecular formula is C29H29Cl2N3O3. The lowest BCUT2D eigenvalue weighted by Crippen LogP contribution is -2.40. The molecule has 0 unspecified atom stereocenters. The van der Waals surface area contributed by atoms with Crippen LogP contribution in [0.3, 0.4) is 0 Å². The summed E-state index contributed by atoms with van der Waals surface area (Å²) in [5.74, 6) is 0.526. The van der Waals surface area contributed by atoms with Gasteiger partial charge in [-0.1, -0.05) is 35.3 Å². The molecule has 192 valence electrons. The van der Waals surface area contributed by atoms with Gasteiger partial charge in [-0.15, -0.1) is 0 Å². The third kappa shape index (κ3) is 5.77. The summed E-state index contributed by atoms with van der Waals surface area (Å²) in [6, 6.07) is 18.5. The topological polar surface area (TPSA) is 61.9 Å². The van der Waals surface area contributed by atoms with Gasteiger partial charge in [0, 0.05) is 46.6 Å². The minimum absolute atomic E-state index is 0.00196. The predicted molar refractivity (Wildman–Crippen MR) is 148 cm³/mol. The highest BCUT2D eigenvalue weighted by atomic mass is 35.5. The Morgan fingerprint density at radius 1 is 1.03 bits per heavy atom. The van der Waals surface area contributed by atoms with Crippen molar-refractivity contribution in [2.24, 2.45) is 5.92 Å². The van der Waals surface area contributed by atoms with E-state index in [0.29, 0.717) is 46.7 Å². The average Bonchev–Trinajstić information content (AvgIpc) is 3.33. The number of nitrogens with zero attached hydrogens (tertiary/aromatic N) is 2. The molecule has 0 spiro atoms. The molecule has 2 aliphatic rings. The number of carbonyl (C=O) groups excluding carboxylic acids is 2.